The van der Waals surface area contributed by atoms with Crippen LogP contribution in [0.4, 0.5) is 0 Å². The predicted octanol–water partition coefficient (Wildman–Crippen LogP) is 7.02. The second kappa shape index (κ2) is 12.5. The van der Waals surface area contributed by atoms with Crippen LogP contribution in [-0.2, 0) is 13.1 Å². The van der Waals surface area contributed by atoms with E-state index in [0.29, 0.717) is 0 Å². The van der Waals surface area contributed by atoms with Gasteiger partial charge in [0.2, 0.25) is 0 Å². The minimum Gasteiger partial charge on any atom is -0.205 e. The molecule has 0 saturated carbocycles. The second-order valence-corrected chi connectivity index (χ2v) is 8.68. The molecule has 0 aliphatic carbocycles. The van der Waals surface area contributed by atoms with E-state index in [9.17, 15) is 0 Å². The van der Waals surface area contributed by atoms with Crippen LogP contribution < -0.4 is 9.13 Å². The van der Waals surface area contributed by atoms with Gasteiger partial charge in [-0.2, -0.15) is 0 Å². The number of aryl methyl sites for hydroxylation is 2. The van der Waals surface area contributed by atoms with Crippen LogP contribution in [0.25, 0.3) is 21.9 Å². The molecule has 30 heavy (non-hydrogen) atoms. The van der Waals surface area contributed by atoms with Gasteiger partial charge >= 0.3 is 0 Å². The first-order chi connectivity index (χ1) is 14.8. The lowest BCUT2D eigenvalue weighted by molar-refractivity contribution is -0.697. The van der Waals surface area contributed by atoms with Gasteiger partial charge in [-0.05, 0) is 35.4 Å². The van der Waals surface area contributed by atoms with E-state index in [1.54, 1.807) is 0 Å². The van der Waals surface area contributed by atoms with Crippen LogP contribution >= 0.6 is 0 Å². The molecule has 3 rings (SSSR count). The van der Waals surface area contributed by atoms with Crippen molar-refractivity contribution >= 4 is 10.8 Å². The molecular formula is C28H40N2+2. The van der Waals surface area contributed by atoms with Crippen molar-refractivity contribution < 1.29 is 9.13 Å². The standard InChI is InChI=1S/C28H40N2/c1-3-5-7-9-11-18-29-20-15-26(16-21-29)27-14-13-25-17-22-30(24-28(25)23-27)19-12-10-8-6-4-2/h13-17,20-24H,3-12,18-19H2,1-2H3/q+2. The molecular weight excluding hydrogens is 364 g/mol. The van der Waals surface area contributed by atoms with Crippen molar-refractivity contribution in [3.05, 3.63) is 61.2 Å². The molecule has 2 aromatic heterocycles. The van der Waals surface area contributed by atoms with Gasteiger partial charge in [-0.15, -0.1) is 0 Å². The van der Waals surface area contributed by atoms with Gasteiger partial charge in [0.25, 0.3) is 0 Å². The van der Waals surface area contributed by atoms with Crippen molar-refractivity contribution in [3.8, 4) is 11.1 Å². The summed E-state index contributed by atoms with van der Waals surface area (Å²) in [5.41, 5.74) is 2.60. The van der Waals surface area contributed by atoms with Crippen molar-refractivity contribution in [3.63, 3.8) is 0 Å². The number of fused-ring (bicyclic) bond motifs is 1. The van der Waals surface area contributed by atoms with E-state index in [0.717, 1.165) is 13.1 Å². The van der Waals surface area contributed by atoms with Gasteiger partial charge in [-0.25, -0.2) is 9.13 Å². The minimum atomic E-state index is 1.12. The molecule has 0 spiro atoms. The lowest BCUT2D eigenvalue weighted by Crippen LogP contribution is -2.32. The summed E-state index contributed by atoms with van der Waals surface area (Å²) < 4.78 is 4.68. The van der Waals surface area contributed by atoms with Gasteiger partial charge in [0.1, 0.15) is 13.1 Å². The second-order valence-electron chi connectivity index (χ2n) is 8.68. The highest BCUT2D eigenvalue weighted by atomic mass is 14.9. The first kappa shape index (κ1) is 22.5. The van der Waals surface area contributed by atoms with E-state index in [-0.39, 0.29) is 0 Å². The van der Waals surface area contributed by atoms with Crippen molar-refractivity contribution in [1.29, 1.82) is 0 Å². The van der Waals surface area contributed by atoms with E-state index >= 15 is 0 Å². The molecule has 0 N–H and O–H groups in total. The van der Waals surface area contributed by atoms with Gasteiger partial charge < -0.3 is 0 Å². The Morgan fingerprint density at radius 1 is 0.533 bits per heavy atom. The Labute approximate surface area is 183 Å². The molecule has 0 unspecified atom stereocenters. The van der Waals surface area contributed by atoms with Gasteiger partial charge in [0, 0.05) is 36.4 Å². The molecule has 2 heteroatoms. The number of benzene rings is 1. The third kappa shape index (κ3) is 6.93. The molecule has 0 radical (unpaired) electrons. The number of rotatable bonds is 13. The Bertz CT molecular complexity index is 883. The van der Waals surface area contributed by atoms with E-state index in [1.165, 1.54) is 86.1 Å². The summed E-state index contributed by atoms with van der Waals surface area (Å²) in [5, 5.41) is 2.65. The Morgan fingerprint density at radius 3 is 1.80 bits per heavy atom. The molecule has 0 fully saturated rings. The highest BCUT2D eigenvalue weighted by Crippen LogP contribution is 2.23. The summed E-state index contributed by atoms with van der Waals surface area (Å²) in [5.74, 6) is 0. The Hall–Kier alpha value is -2.22. The smallest absolute Gasteiger partial charge is 0.176 e. The molecule has 0 saturated heterocycles. The van der Waals surface area contributed by atoms with Gasteiger partial charge in [0.15, 0.2) is 24.8 Å². The molecule has 2 nitrogen and oxygen atoms in total. The van der Waals surface area contributed by atoms with Crippen LogP contribution in [-0.4, -0.2) is 0 Å². The van der Waals surface area contributed by atoms with Crippen LogP contribution in [0, 0.1) is 0 Å². The average molecular weight is 405 g/mol. The molecule has 0 atom stereocenters. The molecule has 1 aromatic carbocycles. The summed E-state index contributed by atoms with van der Waals surface area (Å²) in [6, 6.07) is 13.6. The molecule has 0 bridgehead atoms. The summed E-state index contributed by atoms with van der Waals surface area (Å²) in [7, 11) is 0. The lowest BCUT2D eigenvalue weighted by atomic mass is 10.0. The summed E-state index contributed by atoms with van der Waals surface area (Å²) >= 11 is 0. The molecule has 0 amide bonds. The quantitative estimate of drug-likeness (QED) is 0.213. The molecule has 0 aliphatic heterocycles. The lowest BCUT2D eigenvalue weighted by Gasteiger charge is -2.05. The van der Waals surface area contributed by atoms with Gasteiger partial charge in [-0.1, -0.05) is 64.5 Å². The normalized spacial score (nSPS) is 11.3. The zero-order valence-electron chi connectivity index (χ0n) is 19.2. The summed E-state index contributed by atoms with van der Waals surface area (Å²) in [6.45, 7) is 6.79. The first-order valence-electron chi connectivity index (χ1n) is 12.2. The van der Waals surface area contributed by atoms with E-state index in [4.69, 9.17) is 0 Å². The maximum Gasteiger partial charge on any atom is 0.176 e. The fraction of sp³-hybridized carbons (Fsp3) is 0.500. The number of pyridine rings is 2. The molecule has 0 aliphatic rings. The highest BCUT2D eigenvalue weighted by Gasteiger charge is 2.07. The SMILES string of the molecule is CCCCCCC[n+]1ccc(-c2ccc3cc[n+](CCCCCCC)cc3c2)cc1. The zero-order chi connectivity index (χ0) is 21.0. The predicted molar refractivity (Wildman–Crippen MR) is 127 cm³/mol. The van der Waals surface area contributed by atoms with E-state index in [1.807, 2.05) is 0 Å². The summed E-state index contributed by atoms with van der Waals surface area (Å²) in [6.07, 6.45) is 22.3. The minimum absolute atomic E-state index is 1.12. The summed E-state index contributed by atoms with van der Waals surface area (Å²) in [4.78, 5) is 0. The van der Waals surface area contributed by atoms with E-state index in [2.05, 4.69) is 84.2 Å². The maximum atomic E-state index is 2.36. The fourth-order valence-electron chi connectivity index (χ4n) is 4.15. The number of nitrogens with zero attached hydrogens (tertiary/aromatic N) is 2. The van der Waals surface area contributed by atoms with Crippen LogP contribution in [0.5, 0.6) is 0 Å². The topological polar surface area (TPSA) is 7.76 Å². The third-order valence-electron chi connectivity index (χ3n) is 6.10. The molecule has 2 heterocycles. The van der Waals surface area contributed by atoms with Crippen LogP contribution in [0.1, 0.15) is 78.1 Å². The fourth-order valence-corrected chi connectivity index (χ4v) is 4.15. The Balaban J connectivity index is 1.61. The largest absolute Gasteiger partial charge is 0.205 e. The number of hydrogen-bond acceptors (Lipinski definition) is 0. The van der Waals surface area contributed by atoms with E-state index < -0.39 is 0 Å². The van der Waals surface area contributed by atoms with Crippen LogP contribution in [0.15, 0.2) is 61.2 Å². The number of unbranched alkanes of at least 4 members (excludes halogenated alkanes) is 8. The van der Waals surface area contributed by atoms with Crippen molar-refractivity contribution in [1.82, 2.24) is 0 Å². The van der Waals surface area contributed by atoms with Crippen LogP contribution in [0.2, 0.25) is 0 Å². The average Bonchev–Trinajstić information content (AvgIpc) is 2.79. The highest BCUT2D eigenvalue weighted by molar-refractivity contribution is 5.85. The Morgan fingerprint density at radius 2 is 1.13 bits per heavy atom. The maximum absolute atomic E-state index is 2.36. The molecule has 160 valence electrons. The molecule has 3 aromatic rings. The van der Waals surface area contributed by atoms with Gasteiger partial charge in [0.05, 0.1) is 0 Å². The van der Waals surface area contributed by atoms with Crippen LogP contribution in [0.3, 0.4) is 0 Å². The Kier molecular flexibility index (Phi) is 9.34. The third-order valence-corrected chi connectivity index (χ3v) is 6.10. The van der Waals surface area contributed by atoms with Crippen molar-refractivity contribution in [2.45, 2.75) is 91.1 Å². The van der Waals surface area contributed by atoms with Crippen molar-refractivity contribution in [2.75, 3.05) is 0 Å². The van der Waals surface area contributed by atoms with Gasteiger partial charge in [-0.3, -0.25) is 0 Å². The number of hydrogen-bond donors (Lipinski definition) is 0. The van der Waals surface area contributed by atoms with Crippen molar-refractivity contribution in [2.24, 2.45) is 0 Å². The number of aromatic nitrogens is 2. The monoisotopic (exact) mass is 404 g/mol. The first-order valence-corrected chi connectivity index (χ1v) is 12.2. The zero-order valence-corrected chi connectivity index (χ0v) is 19.2.